The third kappa shape index (κ3) is 3.93. The second-order valence-corrected chi connectivity index (χ2v) is 5.12. The molecule has 1 unspecified atom stereocenters. The minimum absolute atomic E-state index is 0.00195. The summed E-state index contributed by atoms with van der Waals surface area (Å²) in [6.07, 6.45) is 2.43. The maximum Gasteiger partial charge on any atom is 0.323 e. The van der Waals surface area contributed by atoms with E-state index in [0.29, 0.717) is 5.95 Å². The van der Waals surface area contributed by atoms with Crippen molar-refractivity contribution >= 4 is 11.9 Å². The summed E-state index contributed by atoms with van der Waals surface area (Å²) in [4.78, 5) is 14.6. The van der Waals surface area contributed by atoms with E-state index in [2.05, 4.69) is 21.9 Å². The molecule has 0 bridgehead atoms. The van der Waals surface area contributed by atoms with E-state index < -0.39 is 0 Å². The van der Waals surface area contributed by atoms with E-state index in [1.165, 1.54) is 0 Å². The predicted octanol–water partition coefficient (Wildman–Crippen LogP) is 1.25. The monoisotopic (exact) mass is 281 g/mol. The molecular weight excluding hydrogens is 258 g/mol. The Morgan fingerprint density at radius 1 is 1.40 bits per heavy atom. The van der Waals surface area contributed by atoms with Gasteiger partial charge in [-0.25, -0.2) is 0 Å². The van der Waals surface area contributed by atoms with Gasteiger partial charge in [0.15, 0.2) is 0 Å². The van der Waals surface area contributed by atoms with Crippen LogP contribution in [0.5, 0.6) is 6.01 Å². The van der Waals surface area contributed by atoms with E-state index in [1.807, 2.05) is 18.7 Å². The van der Waals surface area contributed by atoms with E-state index in [-0.39, 0.29) is 24.2 Å². The molecule has 2 N–H and O–H groups in total. The Balaban J connectivity index is 2.13. The lowest BCUT2D eigenvalue weighted by Gasteiger charge is -2.24. The normalized spacial score (nSPS) is 18.5. The van der Waals surface area contributed by atoms with Crippen LogP contribution in [-0.2, 0) is 4.74 Å². The SMILES string of the molecule is CCN(CC1CCCO1)c1nc(N)nc(OC(C)C)n1. The zero-order valence-corrected chi connectivity index (χ0v) is 12.4. The lowest BCUT2D eigenvalue weighted by molar-refractivity contribution is 0.115. The third-order valence-electron chi connectivity index (χ3n) is 3.07. The van der Waals surface area contributed by atoms with Crippen LogP contribution in [0.4, 0.5) is 11.9 Å². The molecule has 7 heteroatoms. The van der Waals surface area contributed by atoms with Crippen molar-refractivity contribution in [2.24, 2.45) is 0 Å². The fourth-order valence-corrected chi connectivity index (χ4v) is 2.15. The highest BCUT2D eigenvalue weighted by atomic mass is 16.5. The molecule has 0 radical (unpaired) electrons. The lowest BCUT2D eigenvalue weighted by Crippen LogP contribution is -2.33. The largest absolute Gasteiger partial charge is 0.461 e. The molecule has 1 aromatic heterocycles. The molecule has 0 aliphatic carbocycles. The van der Waals surface area contributed by atoms with Crippen molar-refractivity contribution in [1.82, 2.24) is 15.0 Å². The zero-order chi connectivity index (χ0) is 14.5. The smallest absolute Gasteiger partial charge is 0.323 e. The Morgan fingerprint density at radius 3 is 2.80 bits per heavy atom. The van der Waals surface area contributed by atoms with Crippen molar-refractivity contribution in [3.63, 3.8) is 0 Å². The van der Waals surface area contributed by atoms with Crippen molar-refractivity contribution in [2.75, 3.05) is 30.3 Å². The summed E-state index contributed by atoms with van der Waals surface area (Å²) >= 11 is 0. The highest BCUT2D eigenvalue weighted by Gasteiger charge is 2.21. The number of rotatable bonds is 6. The summed E-state index contributed by atoms with van der Waals surface area (Å²) in [7, 11) is 0. The first-order valence-electron chi connectivity index (χ1n) is 7.13. The number of ether oxygens (including phenoxy) is 2. The number of nitrogen functional groups attached to an aromatic ring is 1. The molecular formula is C13H23N5O2. The lowest BCUT2D eigenvalue weighted by atomic mass is 10.2. The highest BCUT2D eigenvalue weighted by Crippen LogP contribution is 2.18. The topological polar surface area (TPSA) is 86.4 Å². The zero-order valence-electron chi connectivity index (χ0n) is 12.4. The van der Waals surface area contributed by atoms with Gasteiger partial charge in [-0.05, 0) is 33.6 Å². The second kappa shape index (κ2) is 6.69. The summed E-state index contributed by atoms with van der Waals surface area (Å²) in [6.45, 7) is 8.28. The van der Waals surface area contributed by atoms with Crippen molar-refractivity contribution in [2.45, 2.75) is 45.8 Å². The fraction of sp³-hybridized carbons (Fsp3) is 0.769. The Kier molecular flexibility index (Phi) is 4.94. The van der Waals surface area contributed by atoms with E-state index >= 15 is 0 Å². The van der Waals surface area contributed by atoms with Gasteiger partial charge in [0.1, 0.15) is 0 Å². The quantitative estimate of drug-likeness (QED) is 0.839. The van der Waals surface area contributed by atoms with Crippen molar-refractivity contribution in [3.8, 4) is 6.01 Å². The first kappa shape index (κ1) is 14.8. The van der Waals surface area contributed by atoms with Crippen molar-refractivity contribution < 1.29 is 9.47 Å². The molecule has 0 amide bonds. The summed E-state index contributed by atoms with van der Waals surface area (Å²) in [5.74, 6) is 0.725. The van der Waals surface area contributed by atoms with Crippen LogP contribution in [0.15, 0.2) is 0 Å². The van der Waals surface area contributed by atoms with E-state index in [9.17, 15) is 0 Å². The Bertz CT molecular complexity index is 435. The molecule has 1 fully saturated rings. The van der Waals surface area contributed by atoms with Crippen molar-refractivity contribution in [1.29, 1.82) is 0 Å². The molecule has 112 valence electrons. The van der Waals surface area contributed by atoms with Gasteiger partial charge in [0, 0.05) is 19.7 Å². The molecule has 0 aromatic carbocycles. The number of hydrogen-bond acceptors (Lipinski definition) is 7. The molecule has 1 aliphatic rings. The summed E-state index contributed by atoms with van der Waals surface area (Å²) in [5.41, 5.74) is 5.74. The van der Waals surface area contributed by atoms with Gasteiger partial charge in [-0.15, -0.1) is 0 Å². The maximum atomic E-state index is 5.74. The Labute approximate surface area is 119 Å². The van der Waals surface area contributed by atoms with Gasteiger partial charge in [0.05, 0.1) is 12.2 Å². The molecule has 1 aliphatic heterocycles. The van der Waals surface area contributed by atoms with Gasteiger partial charge in [-0.2, -0.15) is 15.0 Å². The standard InChI is InChI=1S/C13H23N5O2/c1-4-18(8-10-6-5-7-19-10)12-15-11(14)16-13(17-12)20-9(2)3/h9-10H,4-8H2,1-3H3,(H2,14,15,16,17). The molecule has 1 atom stereocenters. The second-order valence-electron chi connectivity index (χ2n) is 5.12. The third-order valence-corrected chi connectivity index (χ3v) is 3.07. The fourth-order valence-electron chi connectivity index (χ4n) is 2.15. The van der Waals surface area contributed by atoms with Gasteiger partial charge in [0.2, 0.25) is 11.9 Å². The minimum Gasteiger partial charge on any atom is -0.461 e. The van der Waals surface area contributed by atoms with Crippen LogP contribution in [0, 0.1) is 0 Å². The van der Waals surface area contributed by atoms with Crippen LogP contribution < -0.4 is 15.4 Å². The van der Waals surface area contributed by atoms with E-state index in [4.69, 9.17) is 15.2 Å². The number of likely N-dealkylation sites (N-methyl/N-ethyl adjacent to an activating group) is 1. The summed E-state index contributed by atoms with van der Waals surface area (Å²) < 4.78 is 11.2. The highest BCUT2D eigenvalue weighted by molar-refractivity contribution is 5.36. The molecule has 2 rings (SSSR count). The van der Waals surface area contributed by atoms with Crippen LogP contribution in [-0.4, -0.2) is 46.9 Å². The van der Waals surface area contributed by atoms with E-state index in [0.717, 1.165) is 32.5 Å². The van der Waals surface area contributed by atoms with Crippen LogP contribution >= 0.6 is 0 Å². The maximum absolute atomic E-state index is 5.74. The number of hydrogen-bond donors (Lipinski definition) is 1. The number of anilines is 2. The molecule has 1 aromatic rings. The number of aromatic nitrogens is 3. The van der Waals surface area contributed by atoms with Crippen molar-refractivity contribution in [3.05, 3.63) is 0 Å². The van der Waals surface area contributed by atoms with Gasteiger partial charge in [-0.3, -0.25) is 0 Å². The summed E-state index contributed by atoms with van der Waals surface area (Å²) in [6, 6.07) is 0.272. The molecule has 0 saturated carbocycles. The number of nitrogens with two attached hydrogens (primary N) is 1. The molecule has 20 heavy (non-hydrogen) atoms. The van der Waals surface area contributed by atoms with Gasteiger partial charge in [-0.1, -0.05) is 0 Å². The minimum atomic E-state index is -0.00195. The molecule has 0 spiro atoms. The Hall–Kier alpha value is -1.63. The molecule has 7 nitrogen and oxygen atoms in total. The van der Waals surface area contributed by atoms with Gasteiger partial charge >= 0.3 is 6.01 Å². The van der Waals surface area contributed by atoms with Crippen LogP contribution in [0.2, 0.25) is 0 Å². The Morgan fingerprint density at radius 2 is 2.20 bits per heavy atom. The molecule has 2 heterocycles. The average molecular weight is 281 g/mol. The van der Waals surface area contributed by atoms with Crippen LogP contribution in [0.3, 0.4) is 0 Å². The molecule has 1 saturated heterocycles. The summed E-state index contributed by atoms with van der Waals surface area (Å²) in [5, 5.41) is 0. The average Bonchev–Trinajstić information content (AvgIpc) is 2.87. The first-order chi connectivity index (χ1) is 9.58. The van der Waals surface area contributed by atoms with E-state index in [1.54, 1.807) is 0 Å². The van der Waals surface area contributed by atoms with Gasteiger partial charge in [0.25, 0.3) is 0 Å². The van der Waals surface area contributed by atoms with Gasteiger partial charge < -0.3 is 20.1 Å². The predicted molar refractivity (Wildman–Crippen MR) is 76.9 cm³/mol. The first-order valence-corrected chi connectivity index (χ1v) is 7.13. The van der Waals surface area contributed by atoms with Crippen LogP contribution in [0.25, 0.3) is 0 Å². The van der Waals surface area contributed by atoms with Crippen LogP contribution in [0.1, 0.15) is 33.6 Å². The number of nitrogens with zero attached hydrogens (tertiary/aromatic N) is 4.